The lowest BCUT2D eigenvalue weighted by Gasteiger charge is -2.24. The van der Waals surface area contributed by atoms with Gasteiger partial charge in [0.2, 0.25) is 0 Å². The lowest BCUT2D eigenvalue weighted by molar-refractivity contribution is -0.139. The zero-order valence-corrected chi connectivity index (χ0v) is 21.7. The standard InChI is InChI=1S/C11H16O3Si.C10H20O5Si/c1-5-10-6-8-11(9-7-10)15(12-2,13-3)14-4;1-9(2)10(11)15-7-6-8-16(12-3,13-4)14-5/h5-9H,1H2,2-4H3;1,6-8H2,2-5H3. The molecule has 0 aliphatic carbocycles. The molecule has 1 aromatic rings. The summed E-state index contributed by atoms with van der Waals surface area (Å²) in [6.45, 7) is 9.12. The van der Waals surface area contributed by atoms with Gasteiger partial charge in [-0.2, -0.15) is 0 Å². The van der Waals surface area contributed by atoms with E-state index in [1.54, 1.807) is 55.7 Å². The van der Waals surface area contributed by atoms with E-state index in [1.165, 1.54) is 0 Å². The van der Waals surface area contributed by atoms with Crippen LogP contribution < -0.4 is 5.19 Å². The Morgan fingerprint density at radius 2 is 1.39 bits per heavy atom. The van der Waals surface area contributed by atoms with Gasteiger partial charge in [0.05, 0.1) is 6.61 Å². The van der Waals surface area contributed by atoms with Crippen LogP contribution in [0.1, 0.15) is 18.9 Å². The molecule has 10 heteroatoms. The molecule has 0 saturated heterocycles. The van der Waals surface area contributed by atoms with Gasteiger partial charge in [-0.15, -0.1) is 0 Å². The van der Waals surface area contributed by atoms with E-state index < -0.39 is 17.6 Å². The van der Waals surface area contributed by atoms with E-state index in [-0.39, 0.29) is 5.97 Å². The van der Waals surface area contributed by atoms with Crippen LogP contribution in [0.4, 0.5) is 0 Å². The topological polar surface area (TPSA) is 81.7 Å². The van der Waals surface area contributed by atoms with Crippen molar-refractivity contribution >= 4 is 34.8 Å². The van der Waals surface area contributed by atoms with Gasteiger partial charge in [-0.25, -0.2) is 4.79 Å². The highest BCUT2D eigenvalue weighted by Crippen LogP contribution is 2.15. The molecule has 1 aromatic carbocycles. The predicted molar refractivity (Wildman–Crippen MR) is 125 cm³/mol. The third-order valence-electron chi connectivity index (χ3n) is 4.45. The highest BCUT2D eigenvalue weighted by atomic mass is 28.4. The maximum absolute atomic E-state index is 11.1. The molecule has 0 aromatic heterocycles. The molecular formula is C21H36O8Si2. The summed E-state index contributed by atoms with van der Waals surface area (Å²) >= 11 is 0. The molecule has 0 fully saturated rings. The monoisotopic (exact) mass is 472 g/mol. The minimum atomic E-state index is -2.66. The molecule has 0 bridgehead atoms. The van der Waals surface area contributed by atoms with Crippen molar-refractivity contribution in [1.82, 2.24) is 0 Å². The molecule has 0 amide bonds. The minimum Gasteiger partial charge on any atom is -0.462 e. The number of ether oxygens (including phenoxy) is 1. The molecule has 1 rings (SSSR count). The summed E-state index contributed by atoms with van der Waals surface area (Å²) < 4.78 is 36.7. The number of esters is 1. The lowest BCUT2D eigenvalue weighted by atomic mass is 10.2. The molecule has 0 spiro atoms. The summed E-state index contributed by atoms with van der Waals surface area (Å²) in [7, 11) is 4.26. The van der Waals surface area contributed by atoms with Crippen molar-refractivity contribution < 1.29 is 36.1 Å². The summed E-state index contributed by atoms with van der Waals surface area (Å²) in [6.07, 6.45) is 2.43. The van der Waals surface area contributed by atoms with Crippen LogP contribution >= 0.6 is 0 Å². The molecular weight excluding hydrogens is 436 g/mol. The highest BCUT2D eigenvalue weighted by Gasteiger charge is 2.40. The lowest BCUT2D eigenvalue weighted by Crippen LogP contribution is -2.54. The fourth-order valence-corrected chi connectivity index (χ4v) is 6.03. The summed E-state index contributed by atoms with van der Waals surface area (Å²) in [5.74, 6) is -0.375. The Kier molecular flexibility index (Phi) is 14.4. The van der Waals surface area contributed by atoms with Gasteiger partial charge in [0.1, 0.15) is 0 Å². The number of rotatable bonds is 13. The Morgan fingerprint density at radius 3 is 1.74 bits per heavy atom. The first-order valence-corrected chi connectivity index (χ1v) is 13.3. The van der Waals surface area contributed by atoms with Gasteiger partial charge in [0, 0.05) is 59.5 Å². The SMILES string of the molecule is C=C(C)C(=O)OCCC[Si](OC)(OC)OC.C=Cc1ccc([Si](OC)(OC)OC)cc1. The Morgan fingerprint density at radius 1 is 0.903 bits per heavy atom. The van der Waals surface area contributed by atoms with Crippen molar-refractivity contribution in [2.75, 3.05) is 49.3 Å². The van der Waals surface area contributed by atoms with Crippen molar-refractivity contribution in [3.8, 4) is 0 Å². The zero-order chi connectivity index (χ0) is 23.9. The maximum atomic E-state index is 11.1. The fourth-order valence-electron chi connectivity index (χ4n) is 2.56. The Hall–Kier alpha value is -1.64. The quantitative estimate of drug-likeness (QED) is 0.188. The van der Waals surface area contributed by atoms with Gasteiger partial charge in [0.25, 0.3) is 0 Å². The number of carbonyl (C=O) groups excluding carboxylic acids is 1. The second kappa shape index (κ2) is 15.2. The normalized spacial score (nSPS) is 11.3. The van der Waals surface area contributed by atoms with Crippen LogP contribution in [0, 0.1) is 0 Å². The van der Waals surface area contributed by atoms with E-state index in [4.69, 9.17) is 31.3 Å². The molecule has 0 aliphatic heterocycles. The molecule has 31 heavy (non-hydrogen) atoms. The highest BCUT2D eigenvalue weighted by molar-refractivity contribution is 6.75. The average molecular weight is 473 g/mol. The smallest absolute Gasteiger partial charge is 0.462 e. The third-order valence-corrected chi connectivity index (χ3v) is 9.93. The molecule has 0 N–H and O–H groups in total. The summed E-state index contributed by atoms with van der Waals surface area (Å²) in [6, 6.07) is 8.42. The molecule has 0 aliphatic rings. The first kappa shape index (κ1) is 29.4. The van der Waals surface area contributed by atoms with Crippen molar-refractivity contribution in [2.45, 2.75) is 19.4 Å². The minimum absolute atomic E-state index is 0.316. The van der Waals surface area contributed by atoms with Gasteiger partial charge in [-0.1, -0.05) is 43.5 Å². The number of carbonyl (C=O) groups is 1. The van der Waals surface area contributed by atoms with Crippen LogP contribution in [0.3, 0.4) is 0 Å². The predicted octanol–water partition coefficient (Wildman–Crippen LogP) is 2.79. The van der Waals surface area contributed by atoms with Crippen LogP contribution in [0.5, 0.6) is 0 Å². The number of benzene rings is 1. The van der Waals surface area contributed by atoms with E-state index in [9.17, 15) is 4.79 Å². The van der Waals surface area contributed by atoms with Gasteiger partial charge in [-0.3, -0.25) is 0 Å². The third kappa shape index (κ3) is 9.17. The summed E-state index contributed by atoms with van der Waals surface area (Å²) in [4.78, 5) is 11.1. The molecule has 176 valence electrons. The molecule has 0 saturated carbocycles. The largest absolute Gasteiger partial charge is 0.536 e. The van der Waals surface area contributed by atoms with E-state index >= 15 is 0 Å². The number of hydrogen-bond donors (Lipinski definition) is 0. The first-order valence-electron chi connectivity index (χ1n) is 9.60. The zero-order valence-electron chi connectivity index (χ0n) is 19.7. The Balaban J connectivity index is 0.000000581. The number of hydrogen-bond acceptors (Lipinski definition) is 8. The molecule has 0 atom stereocenters. The van der Waals surface area contributed by atoms with Crippen molar-refractivity contribution in [2.24, 2.45) is 0 Å². The molecule has 8 nitrogen and oxygen atoms in total. The van der Waals surface area contributed by atoms with E-state index in [0.717, 1.165) is 10.8 Å². The van der Waals surface area contributed by atoms with Crippen molar-refractivity contribution in [3.63, 3.8) is 0 Å². The van der Waals surface area contributed by atoms with E-state index in [0.29, 0.717) is 24.6 Å². The average Bonchev–Trinajstić information content (AvgIpc) is 2.82. The molecule has 0 heterocycles. The second-order valence-electron chi connectivity index (χ2n) is 6.31. The molecule has 0 unspecified atom stereocenters. The van der Waals surface area contributed by atoms with E-state index in [1.807, 2.05) is 24.3 Å². The van der Waals surface area contributed by atoms with Crippen molar-refractivity contribution in [3.05, 3.63) is 48.6 Å². The second-order valence-corrected chi connectivity index (χ2v) is 12.3. The van der Waals surface area contributed by atoms with Crippen LogP contribution in [0.15, 0.2) is 43.0 Å². The maximum Gasteiger partial charge on any atom is 0.536 e. The van der Waals surface area contributed by atoms with Gasteiger partial charge in [-0.05, 0) is 18.9 Å². The fraction of sp³-hybridized carbons (Fsp3) is 0.476. The van der Waals surface area contributed by atoms with Gasteiger partial charge < -0.3 is 31.3 Å². The van der Waals surface area contributed by atoms with Crippen molar-refractivity contribution in [1.29, 1.82) is 0 Å². The molecule has 0 radical (unpaired) electrons. The summed E-state index contributed by atoms with van der Waals surface area (Å²) in [5, 5.41) is 0.945. The van der Waals surface area contributed by atoms with Gasteiger partial charge in [0.15, 0.2) is 0 Å². The van der Waals surface area contributed by atoms with Crippen LogP contribution in [0.25, 0.3) is 6.08 Å². The van der Waals surface area contributed by atoms with Crippen LogP contribution in [0.2, 0.25) is 6.04 Å². The van der Waals surface area contributed by atoms with Gasteiger partial charge >= 0.3 is 23.6 Å². The van der Waals surface area contributed by atoms with Crippen LogP contribution in [-0.4, -0.2) is 72.8 Å². The van der Waals surface area contributed by atoms with E-state index in [2.05, 4.69) is 13.2 Å². The summed E-state index contributed by atoms with van der Waals surface area (Å²) in [5.41, 5.74) is 1.46. The van der Waals surface area contributed by atoms with Crippen LogP contribution in [-0.2, 0) is 36.1 Å². The Bertz CT molecular complexity index is 654. The first-order chi connectivity index (χ1) is 14.7. The Labute approximate surface area is 188 Å².